The van der Waals surface area contributed by atoms with Gasteiger partial charge in [-0.3, -0.25) is 9.59 Å². The van der Waals surface area contributed by atoms with Gasteiger partial charge in [-0.1, -0.05) is 12.8 Å². The Hall–Kier alpha value is -1.10. The molecule has 0 aromatic rings. The molecule has 2 aliphatic rings. The first-order valence-electron chi connectivity index (χ1n) is 6.53. The standard InChI is InChI=1S/C12H21N3O2/c16-11(15-7-5-13-6-8-15)9-14-12(17)10-3-1-2-4-10/h10,13H,1-9H2,(H,14,17). The predicted molar refractivity (Wildman–Crippen MR) is 64.4 cm³/mol. The summed E-state index contributed by atoms with van der Waals surface area (Å²) in [5.74, 6) is 0.245. The Balaban J connectivity index is 1.69. The maximum absolute atomic E-state index is 11.8. The topological polar surface area (TPSA) is 61.4 Å². The quantitative estimate of drug-likeness (QED) is 0.712. The number of piperazine rings is 1. The van der Waals surface area contributed by atoms with Gasteiger partial charge in [-0.15, -0.1) is 0 Å². The summed E-state index contributed by atoms with van der Waals surface area (Å²) < 4.78 is 0. The van der Waals surface area contributed by atoms with Crippen LogP contribution in [-0.2, 0) is 9.59 Å². The van der Waals surface area contributed by atoms with Gasteiger partial charge in [0.05, 0.1) is 6.54 Å². The van der Waals surface area contributed by atoms with Gasteiger partial charge >= 0.3 is 0 Å². The number of hydrogen-bond acceptors (Lipinski definition) is 3. The normalized spacial score (nSPS) is 21.5. The zero-order chi connectivity index (χ0) is 12.1. The summed E-state index contributed by atoms with van der Waals surface area (Å²) in [4.78, 5) is 25.4. The van der Waals surface area contributed by atoms with Crippen LogP contribution in [0.2, 0.25) is 0 Å². The Morgan fingerprint density at radius 1 is 1.18 bits per heavy atom. The van der Waals surface area contributed by atoms with Crippen LogP contribution in [0.4, 0.5) is 0 Å². The van der Waals surface area contributed by atoms with Gasteiger partial charge in [-0.25, -0.2) is 0 Å². The summed E-state index contributed by atoms with van der Waals surface area (Å²) in [7, 11) is 0. The maximum Gasteiger partial charge on any atom is 0.242 e. The summed E-state index contributed by atoms with van der Waals surface area (Å²) in [6.07, 6.45) is 4.25. The summed E-state index contributed by atoms with van der Waals surface area (Å²) in [6, 6.07) is 0. The van der Waals surface area contributed by atoms with Crippen molar-refractivity contribution in [1.29, 1.82) is 0 Å². The lowest BCUT2D eigenvalue weighted by Crippen LogP contribution is -2.49. The highest BCUT2D eigenvalue weighted by Crippen LogP contribution is 2.24. The molecule has 17 heavy (non-hydrogen) atoms. The summed E-state index contributed by atoms with van der Waals surface area (Å²) in [6.45, 7) is 3.36. The molecule has 2 rings (SSSR count). The molecule has 1 saturated heterocycles. The molecule has 1 aliphatic carbocycles. The van der Waals surface area contributed by atoms with Gasteiger partial charge in [0.15, 0.2) is 0 Å². The third-order valence-corrected chi connectivity index (χ3v) is 3.61. The van der Waals surface area contributed by atoms with Crippen molar-refractivity contribution in [3.63, 3.8) is 0 Å². The number of amides is 2. The number of rotatable bonds is 3. The van der Waals surface area contributed by atoms with Gasteiger partial charge in [-0.2, -0.15) is 0 Å². The fourth-order valence-electron chi connectivity index (χ4n) is 2.52. The van der Waals surface area contributed by atoms with E-state index in [0.29, 0.717) is 0 Å². The van der Waals surface area contributed by atoms with Crippen LogP contribution in [0.1, 0.15) is 25.7 Å². The zero-order valence-electron chi connectivity index (χ0n) is 10.2. The molecule has 2 amide bonds. The van der Waals surface area contributed by atoms with Crippen molar-refractivity contribution < 1.29 is 9.59 Å². The molecular formula is C12H21N3O2. The maximum atomic E-state index is 11.8. The van der Waals surface area contributed by atoms with E-state index in [9.17, 15) is 9.59 Å². The first-order chi connectivity index (χ1) is 8.27. The summed E-state index contributed by atoms with van der Waals surface area (Å²) >= 11 is 0. The van der Waals surface area contributed by atoms with Gasteiger partial charge in [0.1, 0.15) is 0 Å². The van der Waals surface area contributed by atoms with E-state index in [1.165, 1.54) is 0 Å². The van der Waals surface area contributed by atoms with E-state index in [1.54, 1.807) is 0 Å². The Morgan fingerprint density at radius 2 is 1.82 bits per heavy atom. The second-order valence-corrected chi connectivity index (χ2v) is 4.83. The molecule has 0 atom stereocenters. The molecule has 2 fully saturated rings. The third-order valence-electron chi connectivity index (χ3n) is 3.61. The Morgan fingerprint density at radius 3 is 2.47 bits per heavy atom. The third kappa shape index (κ3) is 3.43. The second kappa shape index (κ2) is 6.00. The molecule has 96 valence electrons. The Kier molecular flexibility index (Phi) is 4.36. The molecule has 0 unspecified atom stereocenters. The van der Waals surface area contributed by atoms with Crippen molar-refractivity contribution in [3.05, 3.63) is 0 Å². The SMILES string of the molecule is O=C(NCC(=O)N1CCNCC1)C1CCCC1. The highest BCUT2D eigenvalue weighted by Gasteiger charge is 2.23. The molecule has 0 bridgehead atoms. The smallest absolute Gasteiger partial charge is 0.242 e. The van der Waals surface area contributed by atoms with E-state index in [0.717, 1.165) is 51.9 Å². The highest BCUT2D eigenvalue weighted by atomic mass is 16.2. The lowest BCUT2D eigenvalue weighted by atomic mass is 10.1. The van der Waals surface area contributed by atoms with Crippen molar-refractivity contribution in [3.8, 4) is 0 Å². The van der Waals surface area contributed by atoms with E-state index < -0.39 is 0 Å². The zero-order valence-corrected chi connectivity index (χ0v) is 10.2. The minimum atomic E-state index is 0.0397. The van der Waals surface area contributed by atoms with Crippen molar-refractivity contribution in [2.45, 2.75) is 25.7 Å². The van der Waals surface area contributed by atoms with E-state index in [2.05, 4.69) is 10.6 Å². The van der Waals surface area contributed by atoms with Gasteiger partial charge in [0.2, 0.25) is 11.8 Å². The summed E-state index contributed by atoms with van der Waals surface area (Å²) in [5, 5.41) is 5.97. The number of carbonyl (C=O) groups excluding carboxylic acids is 2. The first kappa shape index (κ1) is 12.4. The number of nitrogens with one attached hydrogen (secondary N) is 2. The number of carbonyl (C=O) groups is 2. The fourth-order valence-corrected chi connectivity index (χ4v) is 2.52. The van der Waals surface area contributed by atoms with Gasteiger partial charge < -0.3 is 15.5 Å². The van der Waals surface area contributed by atoms with E-state index in [-0.39, 0.29) is 24.3 Å². The average molecular weight is 239 g/mol. The molecule has 5 nitrogen and oxygen atoms in total. The van der Waals surface area contributed by atoms with E-state index in [1.807, 2.05) is 4.90 Å². The van der Waals surface area contributed by atoms with Gasteiger partial charge in [-0.05, 0) is 12.8 Å². The van der Waals surface area contributed by atoms with Crippen LogP contribution in [0, 0.1) is 5.92 Å². The number of nitrogens with zero attached hydrogens (tertiary/aromatic N) is 1. The van der Waals surface area contributed by atoms with Crippen molar-refractivity contribution in [2.24, 2.45) is 5.92 Å². The average Bonchev–Trinajstić information content (AvgIpc) is 2.90. The lowest BCUT2D eigenvalue weighted by molar-refractivity contribution is -0.134. The molecular weight excluding hydrogens is 218 g/mol. The van der Waals surface area contributed by atoms with Crippen molar-refractivity contribution in [2.75, 3.05) is 32.7 Å². The molecule has 1 heterocycles. The van der Waals surface area contributed by atoms with Gasteiger partial charge in [0, 0.05) is 32.1 Å². The molecule has 0 aromatic carbocycles. The number of hydrogen-bond donors (Lipinski definition) is 2. The molecule has 0 spiro atoms. The Labute approximate surface area is 102 Å². The van der Waals surface area contributed by atoms with Crippen LogP contribution in [0.3, 0.4) is 0 Å². The summed E-state index contributed by atoms with van der Waals surface area (Å²) in [5.41, 5.74) is 0. The van der Waals surface area contributed by atoms with Crippen LogP contribution in [-0.4, -0.2) is 49.4 Å². The lowest BCUT2D eigenvalue weighted by Gasteiger charge is -2.27. The van der Waals surface area contributed by atoms with Gasteiger partial charge in [0.25, 0.3) is 0 Å². The van der Waals surface area contributed by atoms with Crippen LogP contribution < -0.4 is 10.6 Å². The second-order valence-electron chi connectivity index (χ2n) is 4.83. The largest absolute Gasteiger partial charge is 0.347 e. The molecule has 1 saturated carbocycles. The van der Waals surface area contributed by atoms with Crippen molar-refractivity contribution >= 4 is 11.8 Å². The van der Waals surface area contributed by atoms with Crippen LogP contribution in [0.5, 0.6) is 0 Å². The first-order valence-corrected chi connectivity index (χ1v) is 6.53. The van der Waals surface area contributed by atoms with Crippen molar-refractivity contribution in [1.82, 2.24) is 15.5 Å². The monoisotopic (exact) mass is 239 g/mol. The molecule has 2 N–H and O–H groups in total. The van der Waals surface area contributed by atoms with Crippen LogP contribution in [0.15, 0.2) is 0 Å². The minimum Gasteiger partial charge on any atom is -0.347 e. The van der Waals surface area contributed by atoms with Crippen LogP contribution >= 0.6 is 0 Å². The Bertz CT molecular complexity index is 281. The highest BCUT2D eigenvalue weighted by molar-refractivity contribution is 5.86. The molecule has 0 aromatic heterocycles. The minimum absolute atomic E-state index is 0.0397. The predicted octanol–water partition coefficient (Wildman–Crippen LogP) is -0.275. The van der Waals surface area contributed by atoms with E-state index in [4.69, 9.17) is 0 Å². The van der Waals surface area contributed by atoms with Crippen LogP contribution in [0.25, 0.3) is 0 Å². The molecule has 0 radical (unpaired) electrons. The molecule has 1 aliphatic heterocycles. The molecule has 5 heteroatoms. The fraction of sp³-hybridized carbons (Fsp3) is 0.833. The van der Waals surface area contributed by atoms with E-state index >= 15 is 0 Å².